The summed E-state index contributed by atoms with van der Waals surface area (Å²) < 4.78 is 29.6. The number of aromatic nitrogens is 1. The molecule has 1 atom stereocenters. The van der Waals surface area contributed by atoms with Gasteiger partial charge in [0.15, 0.2) is 0 Å². The van der Waals surface area contributed by atoms with Crippen LogP contribution in [0.5, 0.6) is 0 Å². The van der Waals surface area contributed by atoms with Gasteiger partial charge in [-0.2, -0.15) is 0 Å². The summed E-state index contributed by atoms with van der Waals surface area (Å²) in [5, 5.41) is 3.12. The second-order valence-electron chi connectivity index (χ2n) is 7.54. The number of para-hydroxylation sites is 1. The van der Waals surface area contributed by atoms with Gasteiger partial charge >= 0.3 is 6.03 Å². The summed E-state index contributed by atoms with van der Waals surface area (Å²) in [6.07, 6.45) is 1.94. The first-order valence-corrected chi connectivity index (χ1v) is 10.4. The van der Waals surface area contributed by atoms with E-state index < -0.39 is 23.7 Å². The topological polar surface area (TPSA) is 37.3 Å². The number of fused-ring (bicyclic) bond motifs is 3. The minimum atomic E-state index is -0.841. The van der Waals surface area contributed by atoms with Crippen LogP contribution < -0.4 is 5.32 Å². The lowest BCUT2D eigenvalue weighted by Gasteiger charge is -2.31. The summed E-state index contributed by atoms with van der Waals surface area (Å²) in [6.45, 7) is 0.266. The van der Waals surface area contributed by atoms with E-state index in [9.17, 15) is 13.6 Å². The third-order valence-corrected chi connectivity index (χ3v) is 5.94. The van der Waals surface area contributed by atoms with Crippen molar-refractivity contribution in [2.45, 2.75) is 12.6 Å². The van der Waals surface area contributed by atoms with Gasteiger partial charge in [-0.25, -0.2) is 13.6 Å². The summed E-state index contributed by atoms with van der Waals surface area (Å²) >= 11 is 6.56. The Kier molecular flexibility index (Phi) is 5.15. The van der Waals surface area contributed by atoms with Crippen molar-refractivity contribution >= 4 is 23.3 Å². The smallest absolute Gasteiger partial charge is 0.318 e. The average molecular weight is 450 g/mol. The molecule has 0 saturated carbocycles. The molecule has 160 valence electrons. The van der Waals surface area contributed by atoms with Crippen LogP contribution in [0, 0.1) is 11.6 Å². The summed E-state index contributed by atoms with van der Waals surface area (Å²) in [4.78, 5) is 15.1. The maximum Gasteiger partial charge on any atom is 0.323 e. The number of hydrogen-bond acceptors (Lipinski definition) is 1. The lowest BCUT2D eigenvalue weighted by molar-refractivity contribution is 0.194. The molecule has 32 heavy (non-hydrogen) atoms. The van der Waals surface area contributed by atoms with Gasteiger partial charge in [0.05, 0.1) is 23.6 Å². The van der Waals surface area contributed by atoms with E-state index in [-0.39, 0.29) is 12.2 Å². The van der Waals surface area contributed by atoms with Gasteiger partial charge in [0.1, 0.15) is 17.7 Å². The SMILES string of the molecule is O=C(Nc1ccc(F)cc1F)N1Cc2ccccc2-n2cccc2C1c1ccccc1Cl. The van der Waals surface area contributed by atoms with E-state index in [1.807, 2.05) is 65.4 Å². The number of amides is 2. The van der Waals surface area contributed by atoms with Crippen LogP contribution in [-0.4, -0.2) is 15.5 Å². The van der Waals surface area contributed by atoms with E-state index in [4.69, 9.17) is 11.6 Å². The molecule has 3 aromatic carbocycles. The van der Waals surface area contributed by atoms with Crippen molar-refractivity contribution in [1.29, 1.82) is 0 Å². The van der Waals surface area contributed by atoms with E-state index >= 15 is 0 Å². The Morgan fingerprint density at radius 2 is 1.75 bits per heavy atom. The van der Waals surface area contributed by atoms with Crippen molar-refractivity contribution in [3.05, 3.63) is 119 Å². The average Bonchev–Trinajstić information content (AvgIpc) is 3.21. The molecule has 0 aliphatic carbocycles. The molecular weight excluding hydrogens is 432 g/mol. The fourth-order valence-electron chi connectivity index (χ4n) is 4.14. The van der Waals surface area contributed by atoms with Crippen LogP contribution in [0.25, 0.3) is 5.69 Å². The highest BCUT2D eigenvalue weighted by Gasteiger charge is 2.34. The number of carbonyl (C=O) groups excluding carboxylic acids is 1. The maximum atomic E-state index is 14.3. The number of rotatable bonds is 2. The van der Waals surface area contributed by atoms with Crippen molar-refractivity contribution < 1.29 is 13.6 Å². The van der Waals surface area contributed by atoms with Crippen molar-refractivity contribution in [2.24, 2.45) is 0 Å². The van der Waals surface area contributed by atoms with Gasteiger partial charge in [-0.15, -0.1) is 0 Å². The Labute approximate surface area is 188 Å². The second-order valence-corrected chi connectivity index (χ2v) is 7.95. The summed E-state index contributed by atoms with van der Waals surface area (Å²) in [7, 11) is 0. The fourth-order valence-corrected chi connectivity index (χ4v) is 4.38. The zero-order chi connectivity index (χ0) is 22.2. The third-order valence-electron chi connectivity index (χ3n) is 5.60. The van der Waals surface area contributed by atoms with Gasteiger partial charge in [-0.1, -0.05) is 48.0 Å². The first-order valence-electron chi connectivity index (χ1n) is 10.1. The standard InChI is InChI=1S/C25H18ClF2N3O/c26-19-8-3-2-7-18(19)24-23-10-5-13-30(23)22-9-4-1-6-16(22)15-31(24)25(32)29-21-12-11-17(27)14-20(21)28/h1-14,24H,15H2,(H,29,32). The molecule has 1 N–H and O–H groups in total. The highest BCUT2D eigenvalue weighted by Crippen LogP contribution is 2.39. The number of urea groups is 1. The number of nitrogens with zero attached hydrogens (tertiary/aromatic N) is 2. The zero-order valence-electron chi connectivity index (χ0n) is 16.8. The Morgan fingerprint density at radius 1 is 0.969 bits per heavy atom. The molecule has 0 radical (unpaired) electrons. The molecule has 7 heteroatoms. The second kappa shape index (κ2) is 8.13. The number of anilines is 1. The number of nitrogens with one attached hydrogen (secondary N) is 1. The molecule has 1 aromatic heterocycles. The van der Waals surface area contributed by atoms with E-state index in [1.54, 1.807) is 11.0 Å². The first-order chi connectivity index (χ1) is 15.5. The van der Waals surface area contributed by atoms with Crippen LogP contribution in [0.3, 0.4) is 0 Å². The lowest BCUT2D eigenvalue weighted by Crippen LogP contribution is -2.38. The fraction of sp³-hybridized carbons (Fsp3) is 0.0800. The largest absolute Gasteiger partial charge is 0.323 e. The van der Waals surface area contributed by atoms with Crippen LogP contribution >= 0.6 is 11.6 Å². The molecule has 4 aromatic rings. The van der Waals surface area contributed by atoms with E-state index in [2.05, 4.69) is 5.32 Å². The van der Waals surface area contributed by atoms with Gasteiger partial charge in [0.2, 0.25) is 0 Å². The van der Waals surface area contributed by atoms with Gasteiger partial charge in [0, 0.05) is 17.3 Å². The highest BCUT2D eigenvalue weighted by atomic mass is 35.5. The van der Waals surface area contributed by atoms with Crippen LogP contribution in [0.1, 0.15) is 22.9 Å². The molecule has 2 amide bonds. The van der Waals surface area contributed by atoms with Gasteiger partial charge in [0.25, 0.3) is 0 Å². The predicted molar refractivity (Wildman–Crippen MR) is 120 cm³/mol. The van der Waals surface area contributed by atoms with Crippen LogP contribution in [0.15, 0.2) is 85.1 Å². The minimum absolute atomic E-state index is 0.0952. The third kappa shape index (κ3) is 3.52. The number of halogens is 3. The van der Waals surface area contributed by atoms with Crippen molar-refractivity contribution in [3.63, 3.8) is 0 Å². The van der Waals surface area contributed by atoms with Crippen LogP contribution in [-0.2, 0) is 6.54 Å². The molecule has 0 bridgehead atoms. The molecule has 1 aliphatic rings. The minimum Gasteiger partial charge on any atom is -0.318 e. The van der Waals surface area contributed by atoms with Crippen molar-refractivity contribution in [2.75, 3.05) is 5.32 Å². The number of benzene rings is 3. The van der Waals surface area contributed by atoms with Crippen LogP contribution in [0.2, 0.25) is 5.02 Å². The molecule has 1 aliphatic heterocycles. The van der Waals surface area contributed by atoms with Gasteiger partial charge in [-0.05, 0) is 47.5 Å². The van der Waals surface area contributed by atoms with Gasteiger partial charge < -0.3 is 14.8 Å². The maximum absolute atomic E-state index is 14.3. The monoisotopic (exact) mass is 449 g/mol. The lowest BCUT2D eigenvalue weighted by atomic mass is 10.0. The molecular formula is C25H18ClF2N3O. The number of hydrogen-bond donors (Lipinski definition) is 1. The quantitative estimate of drug-likeness (QED) is 0.370. The molecule has 5 rings (SSSR count). The summed E-state index contributed by atoms with van der Waals surface area (Å²) in [5.74, 6) is -1.55. The van der Waals surface area contributed by atoms with E-state index in [0.29, 0.717) is 5.02 Å². The molecule has 0 saturated heterocycles. The Balaban J connectivity index is 1.65. The van der Waals surface area contributed by atoms with Crippen molar-refractivity contribution in [1.82, 2.24) is 9.47 Å². The Bertz CT molecular complexity index is 1320. The molecule has 0 spiro atoms. The highest BCUT2D eigenvalue weighted by molar-refractivity contribution is 6.31. The van der Waals surface area contributed by atoms with Gasteiger partial charge in [-0.3, -0.25) is 0 Å². The molecule has 4 nitrogen and oxygen atoms in total. The number of carbonyl (C=O) groups is 1. The van der Waals surface area contributed by atoms with Crippen LogP contribution in [0.4, 0.5) is 19.3 Å². The molecule has 1 unspecified atom stereocenters. The predicted octanol–water partition coefficient (Wildman–Crippen LogP) is 6.55. The molecule has 0 fully saturated rings. The normalized spacial score (nSPS) is 15.0. The van der Waals surface area contributed by atoms with E-state index in [1.165, 1.54) is 6.07 Å². The Hall–Kier alpha value is -3.64. The summed E-state index contributed by atoms with van der Waals surface area (Å²) in [6, 6.07) is 21.0. The van der Waals surface area contributed by atoms with E-state index in [0.717, 1.165) is 34.6 Å². The zero-order valence-corrected chi connectivity index (χ0v) is 17.6. The van der Waals surface area contributed by atoms with Crippen molar-refractivity contribution in [3.8, 4) is 5.69 Å². The molecule has 2 heterocycles. The first kappa shape index (κ1) is 20.3. The Morgan fingerprint density at radius 3 is 2.56 bits per heavy atom. The summed E-state index contributed by atoms with van der Waals surface area (Å²) in [5.41, 5.74) is 3.37.